The van der Waals surface area contributed by atoms with E-state index in [9.17, 15) is 3.89 Å². The van der Waals surface area contributed by atoms with Crippen LogP contribution in [0, 0.1) is 0 Å². The standard InChI is InChI=1S/C4H3FN2S/c5-8-4-6-2-1-3-7-4/h1-3H. The van der Waals surface area contributed by atoms with E-state index in [1.807, 2.05) is 0 Å². The van der Waals surface area contributed by atoms with Crippen LogP contribution in [0.1, 0.15) is 0 Å². The highest BCUT2D eigenvalue weighted by Crippen LogP contribution is 2.09. The Hall–Kier alpha value is -0.640. The SMILES string of the molecule is FSc1ncccn1. The van der Waals surface area contributed by atoms with E-state index < -0.39 is 0 Å². The fourth-order valence-corrected chi connectivity index (χ4v) is 0.527. The van der Waals surface area contributed by atoms with Crippen molar-refractivity contribution in [2.24, 2.45) is 0 Å². The van der Waals surface area contributed by atoms with Crippen LogP contribution in [0.5, 0.6) is 0 Å². The summed E-state index contributed by atoms with van der Waals surface area (Å²) in [5.41, 5.74) is 0. The highest BCUT2D eigenvalue weighted by Gasteiger charge is 1.88. The second-order valence-electron chi connectivity index (χ2n) is 1.11. The van der Waals surface area contributed by atoms with Crippen LogP contribution in [0.4, 0.5) is 3.89 Å². The van der Waals surface area contributed by atoms with Crippen molar-refractivity contribution in [3.05, 3.63) is 18.5 Å². The molecular formula is C4H3FN2S. The van der Waals surface area contributed by atoms with E-state index in [2.05, 4.69) is 9.97 Å². The van der Waals surface area contributed by atoms with Gasteiger partial charge in [0.1, 0.15) is 12.1 Å². The Balaban J connectivity index is 2.83. The molecule has 1 aromatic heterocycles. The molecule has 0 aliphatic heterocycles. The quantitative estimate of drug-likeness (QED) is 0.538. The van der Waals surface area contributed by atoms with E-state index >= 15 is 0 Å². The first-order valence-electron chi connectivity index (χ1n) is 1.99. The van der Waals surface area contributed by atoms with Gasteiger partial charge in [0.2, 0.25) is 5.16 Å². The largest absolute Gasteiger partial charge is 0.229 e. The zero-order valence-electron chi connectivity index (χ0n) is 3.91. The van der Waals surface area contributed by atoms with Crippen molar-refractivity contribution in [1.29, 1.82) is 0 Å². The molecule has 0 fully saturated rings. The lowest BCUT2D eigenvalue weighted by atomic mass is 10.7. The van der Waals surface area contributed by atoms with E-state index in [1.54, 1.807) is 6.07 Å². The van der Waals surface area contributed by atoms with Crippen LogP contribution in [-0.4, -0.2) is 9.97 Å². The predicted molar refractivity (Wildman–Crippen MR) is 29.0 cm³/mol. The number of rotatable bonds is 1. The van der Waals surface area contributed by atoms with Gasteiger partial charge in [-0.15, -0.1) is 0 Å². The van der Waals surface area contributed by atoms with E-state index in [1.165, 1.54) is 12.4 Å². The van der Waals surface area contributed by atoms with Gasteiger partial charge in [0, 0.05) is 12.4 Å². The van der Waals surface area contributed by atoms with Gasteiger partial charge in [-0.3, -0.25) is 0 Å². The van der Waals surface area contributed by atoms with Crippen molar-refractivity contribution >= 4 is 12.1 Å². The summed E-state index contributed by atoms with van der Waals surface area (Å²) >= 11 is 0.0466. The van der Waals surface area contributed by atoms with Crippen molar-refractivity contribution in [1.82, 2.24) is 9.97 Å². The van der Waals surface area contributed by atoms with E-state index in [-0.39, 0.29) is 17.3 Å². The fourth-order valence-electron chi connectivity index (χ4n) is 0.325. The third kappa shape index (κ3) is 1.16. The first kappa shape index (κ1) is 5.50. The molecule has 4 heteroatoms. The molecule has 8 heavy (non-hydrogen) atoms. The van der Waals surface area contributed by atoms with E-state index in [0.29, 0.717) is 0 Å². The molecule has 42 valence electrons. The molecule has 0 aromatic carbocycles. The van der Waals surface area contributed by atoms with Gasteiger partial charge < -0.3 is 0 Å². The molecule has 0 radical (unpaired) electrons. The Morgan fingerprint density at radius 1 is 1.38 bits per heavy atom. The second-order valence-corrected chi connectivity index (χ2v) is 1.63. The first-order chi connectivity index (χ1) is 3.93. The Bertz CT molecular complexity index is 155. The maximum Gasteiger partial charge on any atom is 0.220 e. The lowest BCUT2D eigenvalue weighted by Crippen LogP contribution is -1.77. The summed E-state index contributed by atoms with van der Waals surface area (Å²) in [6.07, 6.45) is 2.99. The van der Waals surface area contributed by atoms with Crippen molar-refractivity contribution in [2.45, 2.75) is 5.16 Å². The summed E-state index contributed by atoms with van der Waals surface area (Å²) in [5, 5.41) is 0.160. The van der Waals surface area contributed by atoms with E-state index in [4.69, 9.17) is 0 Å². The summed E-state index contributed by atoms with van der Waals surface area (Å²) in [6.45, 7) is 0. The summed E-state index contributed by atoms with van der Waals surface area (Å²) in [5.74, 6) is 0. The molecule has 0 saturated carbocycles. The summed E-state index contributed by atoms with van der Waals surface area (Å²) in [6, 6.07) is 1.64. The molecule has 0 aliphatic carbocycles. The van der Waals surface area contributed by atoms with Crippen molar-refractivity contribution < 1.29 is 3.89 Å². The molecule has 0 saturated heterocycles. The Kier molecular flexibility index (Phi) is 1.80. The third-order valence-corrected chi connectivity index (χ3v) is 0.960. The molecule has 0 atom stereocenters. The molecule has 0 amide bonds. The summed E-state index contributed by atoms with van der Waals surface area (Å²) in [7, 11) is 0. The maximum atomic E-state index is 11.5. The van der Waals surface area contributed by atoms with Gasteiger partial charge in [0.15, 0.2) is 0 Å². The van der Waals surface area contributed by atoms with Crippen molar-refractivity contribution in [3.63, 3.8) is 0 Å². The molecule has 0 unspecified atom stereocenters. The normalized spacial score (nSPS) is 9.12. The van der Waals surface area contributed by atoms with Gasteiger partial charge in [0.25, 0.3) is 0 Å². The number of hydrogen-bond acceptors (Lipinski definition) is 3. The van der Waals surface area contributed by atoms with Crippen LogP contribution in [0.25, 0.3) is 0 Å². The molecule has 0 N–H and O–H groups in total. The van der Waals surface area contributed by atoms with Gasteiger partial charge in [-0.25, -0.2) is 9.97 Å². The number of nitrogens with zero attached hydrogens (tertiary/aromatic N) is 2. The number of halogens is 1. The minimum atomic E-state index is 0.0466. The average Bonchev–Trinajstić information content (AvgIpc) is 1.90. The molecule has 1 aromatic rings. The number of aromatic nitrogens is 2. The summed E-state index contributed by atoms with van der Waals surface area (Å²) in [4.78, 5) is 7.15. The van der Waals surface area contributed by atoms with E-state index in [0.717, 1.165) is 0 Å². The minimum Gasteiger partial charge on any atom is -0.229 e. The lowest BCUT2D eigenvalue weighted by molar-refractivity contribution is 0.880. The molecule has 1 heterocycles. The van der Waals surface area contributed by atoms with Crippen LogP contribution in [0.15, 0.2) is 23.6 Å². The fraction of sp³-hybridized carbons (Fsp3) is 0. The van der Waals surface area contributed by atoms with Gasteiger partial charge in [-0.1, -0.05) is 0 Å². The van der Waals surface area contributed by atoms with Crippen molar-refractivity contribution in [2.75, 3.05) is 0 Å². The topological polar surface area (TPSA) is 25.8 Å². The van der Waals surface area contributed by atoms with Crippen LogP contribution < -0.4 is 0 Å². The maximum absolute atomic E-state index is 11.5. The van der Waals surface area contributed by atoms with Crippen LogP contribution in [0.2, 0.25) is 0 Å². The minimum absolute atomic E-state index is 0.0466. The lowest BCUT2D eigenvalue weighted by Gasteiger charge is -1.83. The molecule has 1 rings (SSSR count). The smallest absolute Gasteiger partial charge is 0.220 e. The van der Waals surface area contributed by atoms with Gasteiger partial charge in [-0.05, 0) is 6.07 Å². The van der Waals surface area contributed by atoms with Gasteiger partial charge in [0.05, 0.1) is 0 Å². The van der Waals surface area contributed by atoms with Crippen LogP contribution >= 0.6 is 12.1 Å². The molecule has 0 bridgehead atoms. The average molecular weight is 130 g/mol. The molecule has 0 aliphatic rings. The zero-order chi connectivity index (χ0) is 5.82. The van der Waals surface area contributed by atoms with Gasteiger partial charge >= 0.3 is 0 Å². The highest BCUT2D eigenvalue weighted by atomic mass is 32.2. The third-order valence-electron chi connectivity index (χ3n) is 0.611. The highest BCUT2D eigenvalue weighted by molar-refractivity contribution is 7.94. The molecule has 2 nitrogen and oxygen atoms in total. The zero-order valence-corrected chi connectivity index (χ0v) is 4.73. The second kappa shape index (κ2) is 2.61. The van der Waals surface area contributed by atoms with Crippen molar-refractivity contribution in [3.8, 4) is 0 Å². The van der Waals surface area contributed by atoms with Crippen LogP contribution in [0.3, 0.4) is 0 Å². The monoisotopic (exact) mass is 130 g/mol. The Morgan fingerprint density at radius 3 is 2.38 bits per heavy atom. The predicted octanol–water partition coefficient (Wildman–Crippen LogP) is 1.45. The summed E-state index contributed by atoms with van der Waals surface area (Å²) < 4.78 is 11.5. The number of hydrogen-bond donors (Lipinski definition) is 0. The molecular weight excluding hydrogens is 127 g/mol. The Labute approximate surface area is 50.5 Å². The Morgan fingerprint density at radius 2 is 2.00 bits per heavy atom. The first-order valence-corrected chi connectivity index (χ1v) is 2.71. The van der Waals surface area contributed by atoms with Gasteiger partial charge in [-0.2, -0.15) is 3.89 Å². The van der Waals surface area contributed by atoms with Crippen LogP contribution in [-0.2, 0) is 0 Å². The molecule has 0 spiro atoms.